The number of carbonyl (C=O) groups is 2. The first-order valence-electron chi connectivity index (χ1n) is 6.18. The lowest BCUT2D eigenvalue weighted by Crippen LogP contribution is -2.22. The van der Waals surface area contributed by atoms with E-state index >= 15 is 0 Å². The van der Waals surface area contributed by atoms with Crippen LogP contribution in [0.5, 0.6) is 0 Å². The van der Waals surface area contributed by atoms with Gasteiger partial charge in [0.25, 0.3) is 11.8 Å². The van der Waals surface area contributed by atoms with Gasteiger partial charge in [0.2, 0.25) is 0 Å². The maximum absolute atomic E-state index is 12.1. The number of hydrogen-bond acceptors (Lipinski definition) is 2. The minimum absolute atomic E-state index is 0.324. The molecule has 0 fully saturated rings. The Labute approximate surface area is 131 Å². The van der Waals surface area contributed by atoms with Gasteiger partial charge >= 0.3 is 0 Å². The van der Waals surface area contributed by atoms with Crippen LogP contribution < -0.4 is 5.32 Å². The Balaban J connectivity index is 2.22. The third-order valence-electron chi connectivity index (χ3n) is 3.18. The average Bonchev–Trinajstić information content (AvgIpc) is 2.74. The molecule has 0 unspecified atom stereocenters. The van der Waals surface area contributed by atoms with Crippen molar-refractivity contribution in [1.29, 1.82) is 0 Å². The van der Waals surface area contributed by atoms with E-state index in [4.69, 9.17) is 23.2 Å². The highest BCUT2D eigenvalue weighted by Gasteiger charge is 2.32. The van der Waals surface area contributed by atoms with Gasteiger partial charge in [0.05, 0.1) is 11.1 Å². The van der Waals surface area contributed by atoms with Crippen molar-refractivity contribution in [3.8, 4) is 0 Å². The lowest BCUT2D eigenvalue weighted by Gasteiger charge is -2.05. The number of benzene rings is 2. The third kappa shape index (κ3) is 2.58. The molecule has 0 spiro atoms. The molecule has 21 heavy (non-hydrogen) atoms. The Morgan fingerprint density at radius 3 is 1.95 bits per heavy atom. The second-order valence-electron chi connectivity index (χ2n) is 4.55. The summed E-state index contributed by atoms with van der Waals surface area (Å²) >= 11 is 11.8. The van der Waals surface area contributed by atoms with Crippen molar-refractivity contribution in [3.05, 3.63) is 69.7 Å². The fourth-order valence-electron chi connectivity index (χ4n) is 2.27. The van der Waals surface area contributed by atoms with E-state index in [-0.39, 0.29) is 0 Å². The maximum Gasteiger partial charge on any atom is 0.259 e. The van der Waals surface area contributed by atoms with Crippen LogP contribution in [0, 0.1) is 0 Å². The topological polar surface area (TPSA) is 46.2 Å². The van der Waals surface area contributed by atoms with Gasteiger partial charge in [0.1, 0.15) is 0 Å². The van der Waals surface area contributed by atoms with E-state index in [1.54, 1.807) is 48.5 Å². The molecule has 0 aliphatic carbocycles. The number of imide groups is 1. The molecule has 2 amide bonds. The van der Waals surface area contributed by atoms with Gasteiger partial charge in [-0.05, 0) is 35.4 Å². The molecule has 0 saturated heterocycles. The van der Waals surface area contributed by atoms with Crippen LogP contribution in [0.1, 0.15) is 11.1 Å². The summed E-state index contributed by atoms with van der Waals surface area (Å²) in [6.45, 7) is 0. The SMILES string of the molecule is O=C1NC(=O)C(c2cccc(Cl)c2)=C1c1ccc(Cl)cc1. The molecule has 1 aliphatic heterocycles. The first kappa shape index (κ1) is 13.9. The van der Waals surface area contributed by atoms with E-state index in [0.29, 0.717) is 32.3 Å². The molecule has 1 aliphatic rings. The lowest BCUT2D eigenvalue weighted by molar-refractivity contribution is -0.122. The molecule has 0 bridgehead atoms. The highest BCUT2D eigenvalue weighted by Crippen LogP contribution is 2.32. The second kappa shape index (κ2) is 5.35. The third-order valence-corrected chi connectivity index (χ3v) is 3.66. The summed E-state index contributed by atoms with van der Waals surface area (Å²) in [5, 5.41) is 3.39. The molecular weight excluding hydrogens is 309 g/mol. The van der Waals surface area contributed by atoms with Crippen molar-refractivity contribution < 1.29 is 9.59 Å². The van der Waals surface area contributed by atoms with Crippen LogP contribution in [0.25, 0.3) is 11.1 Å². The van der Waals surface area contributed by atoms with Crippen LogP contribution in [0.15, 0.2) is 48.5 Å². The maximum atomic E-state index is 12.1. The first-order chi connectivity index (χ1) is 10.1. The van der Waals surface area contributed by atoms with Gasteiger partial charge in [-0.2, -0.15) is 0 Å². The summed E-state index contributed by atoms with van der Waals surface area (Å²) in [4.78, 5) is 24.2. The Hall–Kier alpha value is -2.10. The quantitative estimate of drug-likeness (QED) is 0.861. The van der Waals surface area contributed by atoms with Crippen LogP contribution in [0.4, 0.5) is 0 Å². The molecule has 2 aromatic rings. The average molecular weight is 318 g/mol. The van der Waals surface area contributed by atoms with Gasteiger partial charge in [-0.1, -0.05) is 47.5 Å². The Morgan fingerprint density at radius 2 is 1.33 bits per heavy atom. The van der Waals surface area contributed by atoms with Crippen molar-refractivity contribution in [2.45, 2.75) is 0 Å². The molecule has 104 valence electrons. The molecule has 0 atom stereocenters. The van der Waals surface area contributed by atoms with Gasteiger partial charge in [0, 0.05) is 10.0 Å². The smallest absolute Gasteiger partial charge is 0.259 e. The van der Waals surface area contributed by atoms with Crippen molar-refractivity contribution in [2.75, 3.05) is 0 Å². The summed E-state index contributed by atoms with van der Waals surface area (Å²) in [6, 6.07) is 13.6. The van der Waals surface area contributed by atoms with Crippen molar-refractivity contribution in [2.24, 2.45) is 0 Å². The van der Waals surface area contributed by atoms with E-state index in [9.17, 15) is 9.59 Å². The minimum Gasteiger partial charge on any atom is -0.288 e. The number of amides is 2. The van der Waals surface area contributed by atoms with E-state index < -0.39 is 11.8 Å². The highest BCUT2D eigenvalue weighted by molar-refractivity contribution is 6.49. The van der Waals surface area contributed by atoms with Gasteiger partial charge in [-0.3, -0.25) is 14.9 Å². The number of rotatable bonds is 2. The molecule has 1 heterocycles. The molecule has 0 radical (unpaired) electrons. The summed E-state index contributed by atoms with van der Waals surface area (Å²) in [6.07, 6.45) is 0. The second-order valence-corrected chi connectivity index (χ2v) is 5.42. The summed E-state index contributed by atoms with van der Waals surface area (Å²) in [5.41, 5.74) is 1.90. The van der Waals surface area contributed by atoms with Gasteiger partial charge in [0.15, 0.2) is 0 Å². The Bertz CT molecular complexity index is 779. The highest BCUT2D eigenvalue weighted by atomic mass is 35.5. The van der Waals surface area contributed by atoms with Crippen LogP contribution >= 0.6 is 23.2 Å². The predicted octanol–water partition coefficient (Wildman–Crippen LogP) is 3.56. The molecule has 2 aromatic carbocycles. The molecule has 5 heteroatoms. The normalized spacial score (nSPS) is 14.6. The van der Waals surface area contributed by atoms with E-state index in [1.165, 1.54) is 0 Å². The monoisotopic (exact) mass is 317 g/mol. The fourth-order valence-corrected chi connectivity index (χ4v) is 2.58. The standard InChI is InChI=1S/C16H9Cl2NO2/c17-11-6-4-9(5-7-11)13-14(16(21)19-15(13)20)10-2-1-3-12(18)8-10/h1-8H,(H,19,20,21). The molecular formula is C16H9Cl2NO2. The molecule has 1 N–H and O–H groups in total. The molecule has 3 nitrogen and oxygen atoms in total. The van der Waals surface area contributed by atoms with Crippen molar-refractivity contribution >= 4 is 46.2 Å². The van der Waals surface area contributed by atoms with Crippen LogP contribution in [-0.4, -0.2) is 11.8 Å². The number of halogens is 2. The molecule has 3 rings (SSSR count). The largest absolute Gasteiger partial charge is 0.288 e. The number of hydrogen-bond donors (Lipinski definition) is 1. The predicted molar refractivity (Wildman–Crippen MR) is 82.9 cm³/mol. The lowest BCUT2D eigenvalue weighted by atomic mass is 9.96. The first-order valence-corrected chi connectivity index (χ1v) is 6.93. The van der Waals surface area contributed by atoms with E-state index in [1.807, 2.05) is 0 Å². The van der Waals surface area contributed by atoms with Gasteiger partial charge < -0.3 is 0 Å². The van der Waals surface area contributed by atoms with E-state index in [2.05, 4.69) is 5.32 Å². The van der Waals surface area contributed by atoms with Gasteiger partial charge in [-0.15, -0.1) is 0 Å². The van der Waals surface area contributed by atoms with Gasteiger partial charge in [-0.25, -0.2) is 0 Å². The Morgan fingerprint density at radius 1 is 0.714 bits per heavy atom. The molecule has 0 saturated carbocycles. The van der Waals surface area contributed by atoms with Crippen molar-refractivity contribution in [1.82, 2.24) is 5.32 Å². The summed E-state index contributed by atoms with van der Waals surface area (Å²) in [7, 11) is 0. The van der Waals surface area contributed by atoms with Crippen LogP contribution in [0.3, 0.4) is 0 Å². The van der Waals surface area contributed by atoms with Crippen LogP contribution in [0.2, 0.25) is 10.0 Å². The fraction of sp³-hybridized carbons (Fsp3) is 0. The number of carbonyl (C=O) groups excluding carboxylic acids is 2. The number of nitrogens with one attached hydrogen (secondary N) is 1. The zero-order valence-corrected chi connectivity index (χ0v) is 12.2. The Kier molecular flexibility index (Phi) is 3.53. The van der Waals surface area contributed by atoms with E-state index in [0.717, 1.165) is 0 Å². The van der Waals surface area contributed by atoms with Crippen molar-refractivity contribution in [3.63, 3.8) is 0 Å². The van der Waals surface area contributed by atoms with Crippen LogP contribution in [-0.2, 0) is 9.59 Å². The zero-order valence-electron chi connectivity index (χ0n) is 10.7. The minimum atomic E-state index is -0.424. The summed E-state index contributed by atoms with van der Waals surface area (Å²) < 4.78 is 0. The molecule has 0 aromatic heterocycles. The summed E-state index contributed by atoms with van der Waals surface area (Å²) in [5.74, 6) is -0.843. The zero-order chi connectivity index (χ0) is 15.0.